The molecule has 0 amide bonds. The number of carbonyl (C=O) groups is 1. The zero-order valence-electron chi connectivity index (χ0n) is 12.3. The quantitative estimate of drug-likeness (QED) is 0.771. The van der Waals surface area contributed by atoms with Gasteiger partial charge in [0.05, 0.1) is 18.7 Å². The molecule has 0 radical (unpaired) electrons. The SMILES string of the molecule is CCOC(=O)CN1CCCN(c2ncccc2C#N)CC1. The molecule has 0 aromatic carbocycles. The summed E-state index contributed by atoms with van der Waals surface area (Å²) in [6.45, 7) is 5.76. The Kier molecular flexibility index (Phi) is 5.52. The lowest BCUT2D eigenvalue weighted by Crippen LogP contribution is -2.35. The van der Waals surface area contributed by atoms with Gasteiger partial charge in [-0.05, 0) is 25.5 Å². The van der Waals surface area contributed by atoms with Crippen molar-refractivity contribution in [3.05, 3.63) is 23.9 Å². The van der Waals surface area contributed by atoms with Gasteiger partial charge in [0.2, 0.25) is 0 Å². The summed E-state index contributed by atoms with van der Waals surface area (Å²) in [5.41, 5.74) is 0.594. The number of esters is 1. The van der Waals surface area contributed by atoms with Gasteiger partial charge in [0.15, 0.2) is 0 Å². The van der Waals surface area contributed by atoms with E-state index in [0.29, 0.717) is 18.7 Å². The summed E-state index contributed by atoms with van der Waals surface area (Å²) in [4.78, 5) is 20.1. The van der Waals surface area contributed by atoms with Crippen LogP contribution in [0.3, 0.4) is 0 Å². The van der Waals surface area contributed by atoms with E-state index in [2.05, 4.69) is 20.9 Å². The number of hydrogen-bond donors (Lipinski definition) is 0. The topological polar surface area (TPSA) is 69.5 Å². The van der Waals surface area contributed by atoms with Gasteiger partial charge in [-0.3, -0.25) is 9.69 Å². The normalized spacial score (nSPS) is 16.1. The third kappa shape index (κ3) is 4.17. The number of carbonyl (C=O) groups excluding carboxylic acids is 1. The molecule has 1 aromatic heterocycles. The van der Waals surface area contributed by atoms with Crippen LogP contribution in [0.1, 0.15) is 18.9 Å². The Balaban J connectivity index is 1.98. The fraction of sp³-hybridized carbons (Fsp3) is 0.533. The van der Waals surface area contributed by atoms with Crippen molar-refractivity contribution in [2.75, 3.05) is 44.2 Å². The van der Waals surface area contributed by atoms with Gasteiger partial charge >= 0.3 is 5.97 Å². The van der Waals surface area contributed by atoms with Crippen LogP contribution in [0.4, 0.5) is 5.82 Å². The van der Waals surface area contributed by atoms with Crippen LogP contribution in [0, 0.1) is 11.3 Å². The molecule has 0 bridgehead atoms. The highest BCUT2D eigenvalue weighted by Gasteiger charge is 2.19. The van der Waals surface area contributed by atoms with Gasteiger partial charge in [0, 0.05) is 32.4 Å². The van der Waals surface area contributed by atoms with Gasteiger partial charge in [-0.2, -0.15) is 5.26 Å². The minimum atomic E-state index is -0.179. The predicted molar refractivity (Wildman–Crippen MR) is 78.9 cm³/mol. The summed E-state index contributed by atoms with van der Waals surface area (Å²) in [6.07, 6.45) is 2.64. The zero-order chi connectivity index (χ0) is 15.1. The average Bonchev–Trinajstić information content (AvgIpc) is 2.73. The summed E-state index contributed by atoms with van der Waals surface area (Å²) in [6, 6.07) is 5.73. The number of anilines is 1. The largest absolute Gasteiger partial charge is 0.465 e. The molecule has 1 fully saturated rings. The van der Waals surface area contributed by atoms with E-state index in [1.165, 1.54) is 0 Å². The van der Waals surface area contributed by atoms with Crippen molar-refractivity contribution in [2.45, 2.75) is 13.3 Å². The molecule has 1 aromatic rings. The van der Waals surface area contributed by atoms with Gasteiger partial charge in [-0.25, -0.2) is 4.98 Å². The van der Waals surface area contributed by atoms with Crippen LogP contribution in [0.25, 0.3) is 0 Å². The van der Waals surface area contributed by atoms with Crippen LogP contribution in [0.5, 0.6) is 0 Å². The maximum atomic E-state index is 11.5. The molecule has 6 heteroatoms. The molecule has 0 saturated carbocycles. The van der Waals surface area contributed by atoms with Gasteiger partial charge < -0.3 is 9.64 Å². The molecule has 0 spiro atoms. The van der Waals surface area contributed by atoms with Crippen LogP contribution in [0.2, 0.25) is 0 Å². The molecule has 1 aliphatic rings. The first kappa shape index (κ1) is 15.3. The lowest BCUT2D eigenvalue weighted by atomic mass is 10.2. The summed E-state index contributed by atoms with van der Waals surface area (Å²) < 4.78 is 4.98. The molecule has 1 saturated heterocycles. The predicted octanol–water partition coefficient (Wildman–Crippen LogP) is 1.03. The molecule has 2 rings (SSSR count). The van der Waals surface area contributed by atoms with E-state index >= 15 is 0 Å². The Morgan fingerprint density at radius 2 is 2.29 bits per heavy atom. The van der Waals surface area contributed by atoms with Crippen LogP contribution < -0.4 is 4.90 Å². The van der Waals surface area contributed by atoms with Crippen molar-refractivity contribution in [3.63, 3.8) is 0 Å². The van der Waals surface area contributed by atoms with E-state index in [1.807, 2.05) is 6.92 Å². The average molecular weight is 288 g/mol. The van der Waals surface area contributed by atoms with E-state index in [9.17, 15) is 4.79 Å². The molecule has 0 unspecified atom stereocenters. The minimum Gasteiger partial charge on any atom is -0.465 e. The van der Waals surface area contributed by atoms with Crippen LogP contribution >= 0.6 is 0 Å². The van der Waals surface area contributed by atoms with Gasteiger partial charge in [0.25, 0.3) is 0 Å². The second-order valence-electron chi connectivity index (χ2n) is 4.91. The highest BCUT2D eigenvalue weighted by atomic mass is 16.5. The molecular formula is C15H20N4O2. The zero-order valence-corrected chi connectivity index (χ0v) is 12.3. The number of hydrogen-bond acceptors (Lipinski definition) is 6. The summed E-state index contributed by atoms with van der Waals surface area (Å²) >= 11 is 0. The lowest BCUT2D eigenvalue weighted by molar-refractivity contribution is -0.144. The van der Waals surface area contributed by atoms with E-state index in [1.54, 1.807) is 18.3 Å². The van der Waals surface area contributed by atoms with Gasteiger partial charge in [0.1, 0.15) is 11.9 Å². The molecule has 2 heterocycles. The lowest BCUT2D eigenvalue weighted by Gasteiger charge is -2.23. The van der Waals surface area contributed by atoms with E-state index in [0.717, 1.165) is 38.4 Å². The Hall–Kier alpha value is -2.13. The first-order chi connectivity index (χ1) is 10.2. The van der Waals surface area contributed by atoms with E-state index < -0.39 is 0 Å². The summed E-state index contributed by atoms with van der Waals surface area (Å²) in [7, 11) is 0. The standard InChI is InChI=1S/C15H20N4O2/c1-2-21-14(20)12-18-7-4-8-19(10-9-18)15-13(11-16)5-3-6-17-15/h3,5-6H,2,4,7-10,12H2,1H3. The number of rotatable bonds is 4. The molecule has 1 aliphatic heterocycles. The van der Waals surface area contributed by atoms with E-state index in [4.69, 9.17) is 10.00 Å². The number of aromatic nitrogens is 1. The van der Waals surface area contributed by atoms with Gasteiger partial charge in [-0.1, -0.05) is 0 Å². The highest BCUT2D eigenvalue weighted by molar-refractivity contribution is 5.71. The molecule has 0 aliphatic carbocycles. The molecule has 112 valence electrons. The van der Waals surface area contributed by atoms with Crippen molar-refractivity contribution in [3.8, 4) is 6.07 Å². The van der Waals surface area contributed by atoms with Crippen molar-refractivity contribution < 1.29 is 9.53 Å². The first-order valence-corrected chi connectivity index (χ1v) is 7.22. The molecule has 6 nitrogen and oxygen atoms in total. The van der Waals surface area contributed by atoms with Crippen molar-refractivity contribution in [1.82, 2.24) is 9.88 Å². The third-order valence-electron chi connectivity index (χ3n) is 3.45. The maximum absolute atomic E-state index is 11.5. The Morgan fingerprint density at radius 1 is 1.43 bits per heavy atom. The monoisotopic (exact) mass is 288 g/mol. The molecule has 0 atom stereocenters. The third-order valence-corrected chi connectivity index (χ3v) is 3.45. The Labute approximate surface area is 124 Å². The van der Waals surface area contributed by atoms with E-state index in [-0.39, 0.29) is 5.97 Å². The number of nitriles is 1. The number of nitrogens with zero attached hydrogens (tertiary/aromatic N) is 4. The summed E-state index contributed by atoms with van der Waals surface area (Å²) in [5.74, 6) is 0.555. The fourth-order valence-electron chi connectivity index (χ4n) is 2.47. The van der Waals surface area contributed by atoms with Crippen molar-refractivity contribution >= 4 is 11.8 Å². The Bertz CT molecular complexity index is 527. The van der Waals surface area contributed by atoms with Crippen LogP contribution in [-0.2, 0) is 9.53 Å². The second-order valence-corrected chi connectivity index (χ2v) is 4.91. The van der Waals surface area contributed by atoms with Crippen molar-refractivity contribution in [2.24, 2.45) is 0 Å². The molecule has 21 heavy (non-hydrogen) atoms. The maximum Gasteiger partial charge on any atom is 0.320 e. The Morgan fingerprint density at radius 3 is 3.05 bits per heavy atom. The number of pyridine rings is 1. The minimum absolute atomic E-state index is 0.179. The first-order valence-electron chi connectivity index (χ1n) is 7.22. The highest BCUT2D eigenvalue weighted by Crippen LogP contribution is 2.18. The van der Waals surface area contributed by atoms with Gasteiger partial charge in [-0.15, -0.1) is 0 Å². The fourth-order valence-corrected chi connectivity index (χ4v) is 2.47. The smallest absolute Gasteiger partial charge is 0.320 e. The van der Waals surface area contributed by atoms with Crippen LogP contribution in [-0.4, -0.2) is 55.2 Å². The molecular weight excluding hydrogens is 268 g/mol. The molecule has 0 N–H and O–H groups in total. The number of ether oxygens (including phenoxy) is 1. The van der Waals surface area contributed by atoms with Crippen molar-refractivity contribution in [1.29, 1.82) is 5.26 Å². The summed E-state index contributed by atoms with van der Waals surface area (Å²) in [5, 5.41) is 9.16. The second kappa shape index (κ2) is 7.60. The van der Waals surface area contributed by atoms with Crippen LogP contribution in [0.15, 0.2) is 18.3 Å².